The molecular formula is C21H26BrNOS. The first kappa shape index (κ1) is 18.7. The third-order valence-corrected chi connectivity index (χ3v) is 6.94. The molecule has 2 aromatic carbocycles. The molecule has 25 heavy (non-hydrogen) atoms. The highest BCUT2D eigenvalue weighted by Crippen LogP contribution is 2.47. The van der Waals surface area contributed by atoms with E-state index in [0.717, 1.165) is 22.5 Å². The van der Waals surface area contributed by atoms with Gasteiger partial charge in [0.2, 0.25) is 0 Å². The smallest absolute Gasteiger partial charge is 0.134 e. The Balaban J connectivity index is 2.06. The highest BCUT2D eigenvalue weighted by molar-refractivity contribution is 9.10. The standard InChI is InChI=1S/C21H26BrNOS/c1-4-5-11-21(2)14-23(16-9-7-6-8-10-16)18-12-17(22)19(24-3)13-20(18)25-15-21/h6-10,12-13H,4-5,11,14-15H2,1-3H3. The van der Waals surface area contributed by atoms with Gasteiger partial charge in [0.1, 0.15) is 5.75 Å². The fourth-order valence-electron chi connectivity index (χ4n) is 3.36. The van der Waals surface area contributed by atoms with E-state index in [2.05, 4.69) is 77.1 Å². The summed E-state index contributed by atoms with van der Waals surface area (Å²) in [5, 5.41) is 0. The third-order valence-electron chi connectivity index (χ3n) is 4.84. The molecule has 2 aromatic rings. The summed E-state index contributed by atoms with van der Waals surface area (Å²) >= 11 is 5.63. The summed E-state index contributed by atoms with van der Waals surface area (Å²) in [6.45, 7) is 5.75. The van der Waals surface area contributed by atoms with Crippen molar-refractivity contribution in [3.63, 3.8) is 0 Å². The fourth-order valence-corrected chi connectivity index (χ4v) is 5.10. The number of nitrogens with zero attached hydrogens (tertiary/aromatic N) is 1. The van der Waals surface area contributed by atoms with Crippen molar-refractivity contribution in [1.82, 2.24) is 0 Å². The normalized spacial score (nSPS) is 20.1. The van der Waals surface area contributed by atoms with E-state index in [-0.39, 0.29) is 5.41 Å². The summed E-state index contributed by atoms with van der Waals surface area (Å²) in [4.78, 5) is 3.78. The molecule has 2 nitrogen and oxygen atoms in total. The quantitative estimate of drug-likeness (QED) is 0.522. The maximum atomic E-state index is 5.53. The van der Waals surface area contributed by atoms with Crippen LogP contribution in [0.3, 0.4) is 0 Å². The minimum atomic E-state index is 0.287. The van der Waals surface area contributed by atoms with E-state index in [1.54, 1.807) is 7.11 Å². The van der Waals surface area contributed by atoms with Crippen molar-refractivity contribution in [2.24, 2.45) is 5.41 Å². The Labute approximate surface area is 164 Å². The summed E-state index contributed by atoms with van der Waals surface area (Å²) in [5.74, 6) is 2.03. The molecule has 1 atom stereocenters. The molecule has 0 amide bonds. The van der Waals surface area contributed by atoms with Crippen LogP contribution in [0.2, 0.25) is 0 Å². The molecule has 1 unspecified atom stereocenters. The van der Waals surface area contributed by atoms with E-state index in [1.165, 1.54) is 35.5 Å². The summed E-state index contributed by atoms with van der Waals surface area (Å²) in [5.41, 5.74) is 2.81. The summed E-state index contributed by atoms with van der Waals surface area (Å²) in [7, 11) is 1.73. The number of benzene rings is 2. The Kier molecular flexibility index (Phi) is 6.00. The Hall–Kier alpha value is -1.13. The van der Waals surface area contributed by atoms with E-state index in [9.17, 15) is 0 Å². The number of para-hydroxylation sites is 1. The first-order chi connectivity index (χ1) is 12.1. The number of hydrogen-bond donors (Lipinski definition) is 0. The van der Waals surface area contributed by atoms with Crippen molar-refractivity contribution < 1.29 is 4.74 Å². The number of thioether (sulfide) groups is 1. The number of ether oxygens (including phenoxy) is 1. The molecule has 3 rings (SSSR count). The molecule has 0 saturated heterocycles. The van der Waals surface area contributed by atoms with E-state index in [4.69, 9.17) is 4.74 Å². The molecule has 1 aliphatic heterocycles. The van der Waals surface area contributed by atoms with E-state index < -0.39 is 0 Å². The van der Waals surface area contributed by atoms with E-state index in [1.807, 2.05) is 11.8 Å². The van der Waals surface area contributed by atoms with E-state index >= 15 is 0 Å². The Bertz CT molecular complexity index is 721. The lowest BCUT2D eigenvalue weighted by Crippen LogP contribution is -2.33. The Morgan fingerprint density at radius 3 is 2.68 bits per heavy atom. The van der Waals surface area contributed by atoms with Gasteiger partial charge >= 0.3 is 0 Å². The molecule has 4 heteroatoms. The second kappa shape index (κ2) is 8.05. The Morgan fingerprint density at radius 2 is 2.00 bits per heavy atom. The molecular weight excluding hydrogens is 394 g/mol. The minimum absolute atomic E-state index is 0.287. The lowest BCUT2D eigenvalue weighted by Gasteiger charge is -2.34. The van der Waals surface area contributed by atoms with Gasteiger partial charge in [-0.15, -0.1) is 11.8 Å². The molecule has 0 aliphatic carbocycles. The third kappa shape index (κ3) is 4.17. The topological polar surface area (TPSA) is 12.5 Å². The lowest BCUT2D eigenvalue weighted by atomic mass is 9.86. The highest BCUT2D eigenvalue weighted by atomic mass is 79.9. The van der Waals surface area contributed by atoms with Crippen LogP contribution in [0.1, 0.15) is 33.1 Å². The average molecular weight is 420 g/mol. The predicted molar refractivity (Wildman–Crippen MR) is 112 cm³/mol. The molecule has 0 N–H and O–H groups in total. The van der Waals surface area contributed by atoms with E-state index in [0.29, 0.717) is 0 Å². The van der Waals surface area contributed by atoms with Crippen LogP contribution in [-0.2, 0) is 0 Å². The first-order valence-corrected chi connectivity index (χ1v) is 10.7. The van der Waals surface area contributed by atoms with Crippen molar-refractivity contribution in [3.05, 3.63) is 46.9 Å². The molecule has 0 fully saturated rings. The zero-order chi connectivity index (χ0) is 17.9. The predicted octanol–water partition coefficient (Wildman–Crippen LogP) is 6.90. The zero-order valence-corrected chi connectivity index (χ0v) is 17.6. The van der Waals surface area contributed by atoms with Crippen molar-refractivity contribution >= 4 is 39.1 Å². The number of methoxy groups -OCH3 is 1. The maximum Gasteiger partial charge on any atom is 0.134 e. The number of rotatable bonds is 5. The van der Waals surface area contributed by atoms with Crippen LogP contribution in [0.15, 0.2) is 51.8 Å². The largest absolute Gasteiger partial charge is 0.496 e. The molecule has 1 aliphatic rings. The molecule has 0 spiro atoms. The molecule has 0 aromatic heterocycles. The number of unbranched alkanes of at least 4 members (excludes halogenated alkanes) is 1. The van der Waals surface area contributed by atoms with Gasteiger partial charge in [-0.2, -0.15) is 0 Å². The molecule has 134 valence electrons. The van der Waals surface area contributed by atoms with Crippen molar-refractivity contribution in [1.29, 1.82) is 0 Å². The SMILES string of the molecule is CCCCC1(C)CSc2cc(OC)c(Br)cc2N(c2ccccc2)C1. The summed E-state index contributed by atoms with van der Waals surface area (Å²) < 4.78 is 6.54. The summed E-state index contributed by atoms with van der Waals surface area (Å²) in [6, 6.07) is 15.1. The molecule has 1 heterocycles. The molecule has 0 bridgehead atoms. The van der Waals surface area contributed by atoms with Crippen molar-refractivity contribution in [2.75, 3.05) is 24.3 Å². The van der Waals surface area contributed by atoms with Gasteiger partial charge in [-0.1, -0.05) is 44.9 Å². The monoisotopic (exact) mass is 419 g/mol. The fraction of sp³-hybridized carbons (Fsp3) is 0.429. The van der Waals surface area contributed by atoms with Crippen LogP contribution < -0.4 is 9.64 Å². The zero-order valence-electron chi connectivity index (χ0n) is 15.2. The number of halogens is 1. The molecule has 0 saturated carbocycles. The molecule has 0 radical (unpaired) electrons. The van der Waals surface area contributed by atoms with Gasteiger partial charge in [0.05, 0.1) is 17.3 Å². The van der Waals surface area contributed by atoms with Crippen LogP contribution in [0.4, 0.5) is 11.4 Å². The number of anilines is 2. The van der Waals surface area contributed by atoms with Crippen LogP contribution in [0, 0.1) is 5.41 Å². The number of hydrogen-bond acceptors (Lipinski definition) is 3. The van der Waals surface area contributed by atoms with Gasteiger partial charge < -0.3 is 9.64 Å². The van der Waals surface area contributed by atoms with Gasteiger partial charge in [-0.3, -0.25) is 0 Å². The van der Waals surface area contributed by atoms with Gasteiger partial charge in [0.25, 0.3) is 0 Å². The lowest BCUT2D eigenvalue weighted by molar-refractivity contribution is 0.344. The summed E-state index contributed by atoms with van der Waals surface area (Å²) in [6.07, 6.45) is 3.78. The van der Waals surface area contributed by atoms with Gasteiger partial charge in [0, 0.05) is 22.9 Å². The van der Waals surface area contributed by atoms with Crippen molar-refractivity contribution in [3.8, 4) is 5.75 Å². The minimum Gasteiger partial charge on any atom is -0.496 e. The van der Waals surface area contributed by atoms with Crippen LogP contribution in [-0.4, -0.2) is 19.4 Å². The van der Waals surface area contributed by atoms with Crippen LogP contribution >= 0.6 is 27.7 Å². The average Bonchev–Trinajstić information content (AvgIpc) is 2.77. The van der Waals surface area contributed by atoms with Crippen LogP contribution in [0.25, 0.3) is 0 Å². The van der Waals surface area contributed by atoms with Gasteiger partial charge in [-0.05, 0) is 52.0 Å². The highest BCUT2D eigenvalue weighted by Gasteiger charge is 2.32. The first-order valence-electron chi connectivity index (χ1n) is 8.89. The maximum absolute atomic E-state index is 5.53. The second-order valence-electron chi connectivity index (χ2n) is 7.08. The Morgan fingerprint density at radius 1 is 1.24 bits per heavy atom. The number of fused-ring (bicyclic) bond motifs is 1. The van der Waals surface area contributed by atoms with Gasteiger partial charge in [0.15, 0.2) is 0 Å². The second-order valence-corrected chi connectivity index (χ2v) is 8.95. The van der Waals surface area contributed by atoms with Crippen LogP contribution in [0.5, 0.6) is 5.75 Å². The van der Waals surface area contributed by atoms with Crippen molar-refractivity contribution in [2.45, 2.75) is 38.0 Å². The van der Waals surface area contributed by atoms with Gasteiger partial charge in [-0.25, -0.2) is 0 Å².